The smallest absolute Gasteiger partial charge is 0.0468 e. The van der Waals surface area contributed by atoms with E-state index in [0.717, 1.165) is 25.7 Å². The summed E-state index contributed by atoms with van der Waals surface area (Å²) in [4.78, 5) is 2.64. The van der Waals surface area contributed by atoms with Gasteiger partial charge in [-0.2, -0.15) is 0 Å². The van der Waals surface area contributed by atoms with E-state index in [-0.39, 0.29) is 16.2 Å². The second-order valence-electron chi connectivity index (χ2n) is 27.7. The van der Waals surface area contributed by atoms with Gasteiger partial charge in [-0.05, 0) is 222 Å². The summed E-state index contributed by atoms with van der Waals surface area (Å²) in [6.45, 7) is 18.8. The Morgan fingerprint density at radius 1 is 0.267 bits per heavy atom. The van der Waals surface area contributed by atoms with Gasteiger partial charge in [0, 0.05) is 33.3 Å². The van der Waals surface area contributed by atoms with Gasteiger partial charge in [-0.25, -0.2) is 0 Å². The zero-order chi connectivity index (χ0) is 61.7. The van der Waals surface area contributed by atoms with Crippen molar-refractivity contribution in [3.05, 3.63) is 245 Å². The molecule has 3 aliphatic rings. The van der Waals surface area contributed by atoms with E-state index >= 15 is 0 Å². The first-order chi connectivity index (χ1) is 44.1. The average Bonchev–Trinajstić information content (AvgIpc) is 1.48. The van der Waals surface area contributed by atoms with Crippen LogP contribution in [0.2, 0.25) is 0 Å². The lowest BCUT2D eigenvalue weighted by Gasteiger charge is -2.35. The van der Waals surface area contributed by atoms with Crippen LogP contribution in [0.4, 0.5) is 17.1 Å². The minimum atomic E-state index is -0.0359. The number of nitrogens with zero attached hydrogens (tertiary/aromatic N) is 1. The molecule has 11 aromatic rings. The van der Waals surface area contributed by atoms with E-state index in [9.17, 15) is 0 Å². The summed E-state index contributed by atoms with van der Waals surface area (Å²) in [5.41, 5.74) is 29.3. The molecule has 0 saturated carbocycles. The Kier molecular flexibility index (Phi) is 16.3. The highest BCUT2D eigenvalue weighted by molar-refractivity contribution is 6.22. The lowest BCUT2D eigenvalue weighted by Crippen LogP contribution is -2.26. The van der Waals surface area contributed by atoms with Crippen LogP contribution >= 0.6 is 0 Å². The third kappa shape index (κ3) is 9.78. The van der Waals surface area contributed by atoms with Crippen LogP contribution in [0.5, 0.6) is 0 Å². The molecule has 1 heteroatoms. The molecule has 454 valence electrons. The molecule has 0 saturated heterocycles. The molecule has 11 aromatic carbocycles. The van der Waals surface area contributed by atoms with E-state index in [0.29, 0.717) is 0 Å². The second kappa shape index (κ2) is 24.7. The van der Waals surface area contributed by atoms with E-state index in [1.54, 1.807) is 11.1 Å². The zero-order valence-corrected chi connectivity index (χ0v) is 55.2. The first-order valence-electron chi connectivity index (χ1n) is 35.2. The maximum absolute atomic E-state index is 2.64. The van der Waals surface area contributed by atoms with Crippen LogP contribution in [0.1, 0.15) is 202 Å². The first-order valence-corrected chi connectivity index (χ1v) is 35.2. The molecule has 0 aromatic heterocycles. The van der Waals surface area contributed by atoms with E-state index < -0.39 is 0 Å². The number of rotatable bonds is 23. The van der Waals surface area contributed by atoms with Crippen LogP contribution < -0.4 is 4.90 Å². The van der Waals surface area contributed by atoms with Crippen LogP contribution in [-0.4, -0.2) is 0 Å². The molecule has 0 atom stereocenters. The van der Waals surface area contributed by atoms with Gasteiger partial charge in [-0.1, -0.05) is 281 Å². The number of hydrogen-bond acceptors (Lipinski definition) is 1. The summed E-state index contributed by atoms with van der Waals surface area (Å²) in [5.74, 6) is 0. The number of aryl methyl sites for hydroxylation is 2. The Bertz CT molecular complexity index is 4300. The highest BCUT2D eigenvalue weighted by Crippen LogP contribution is 2.60. The van der Waals surface area contributed by atoms with Gasteiger partial charge in [0.25, 0.3) is 0 Å². The topological polar surface area (TPSA) is 3.24 Å². The number of hydrogen-bond donors (Lipinski definition) is 0. The number of benzene rings is 11. The van der Waals surface area contributed by atoms with Crippen molar-refractivity contribution < 1.29 is 0 Å². The van der Waals surface area contributed by atoms with Crippen LogP contribution in [0.3, 0.4) is 0 Å². The maximum Gasteiger partial charge on any atom is 0.0468 e. The molecular weight excluding hydrogens is 1080 g/mol. The normalized spacial score (nSPS) is 14.4. The van der Waals surface area contributed by atoms with E-state index in [4.69, 9.17) is 0 Å². The summed E-state index contributed by atoms with van der Waals surface area (Å²) in [6.07, 6.45) is 21.5. The van der Waals surface area contributed by atoms with Crippen molar-refractivity contribution >= 4 is 49.4 Å². The van der Waals surface area contributed by atoms with Gasteiger partial charge in [0.15, 0.2) is 0 Å². The quantitative estimate of drug-likeness (QED) is 0.0577. The largest absolute Gasteiger partial charge is 0.310 e. The third-order valence-electron chi connectivity index (χ3n) is 22.1. The van der Waals surface area contributed by atoms with Crippen molar-refractivity contribution in [3.63, 3.8) is 0 Å². The maximum atomic E-state index is 2.64. The minimum Gasteiger partial charge on any atom is -0.310 e. The Balaban J connectivity index is 0.925. The van der Waals surface area contributed by atoms with E-state index in [2.05, 4.69) is 260 Å². The summed E-state index contributed by atoms with van der Waals surface area (Å²) in [7, 11) is 0. The van der Waals surface area contributed by atoms with Crippen LogP contribution in [0, 0.1) is 13.8 Å². The molecule has 1 nitrogen and oxygen atoms in total. The highest BCUT2D eigenvalue weighted by Gasteiger charge is 2.46. The number of anilines is 3. The molecule has 90 heavy (non-hydrogen) atoms. The Labute approximate surface area is 538 Å². The minimum absolute atomic E-state index is 0.0359. The predicted molar refractivity (Wildman–Crippen MR) is 390 cm³/mol. The molecule has 0 aliphatic heterocycles. The molecule has 0 bridgehead atoms. The van der Waals surface area contributed by atoms with E-state index in [1.807, 2.05) is 0 Å². The molecule has 0 radical (unpaired) electrons. The number of unbranched alkanes of at least 4 members (excludes halogenated alkanes) is 6. The molecule has 0 spiro atoms. The lowest BCUT2D eigenvalue weighted by atomic mass is 9.70. The van der Waals surface area contributed by atoms with Gasteiger partial charge in [0.1, 0.15) is 0 Å². The van der Waals surface area contributed by atoms with Gasteiger partial charge < -0.3 is 4.90 Å². The van der Waals surface area contributed by atoms with Crippen LogP contribution in [-0.2, 0) is 16.2 Å². The standard InChI is InChI=1S/C89H93N/c1-9-15-47-87(48-16-10-2)79-32-26-25-27-69(79)78-57-65(38-46-80(78)87)86-76-30-23-21-28-74(76)85(75-29-22-24-31-77(75)86)64-36-35-63-56-66(39-37-62(63)55-64)90(67-40-44-72-70-42-33-60(7)53-81(70)88(49-17-11-3,50-18-12-4)83(72)58-67)68-41-45-73-71-43-34-61(8)54-82(71)89(51-19-13-5,52-20-14-6)84(73)59-68/h21-46,53-59H,9-20,47-52H2,1-8H3. The van der Waals surface area contributed by atoms with Crippen LogP contribution in [0.15, 0.2) is 200 Å². The van der Waals surface area contributed by atoms with Crippen molar-refractivity contribution in [1.29, 1.82) is 0 Å². The van der Waals surface area contributed by atoms with Gasteiger partial charge in [0.05, 0.1) is 0 Å². The van der Waals surface area contributed by atoms with Crippen LogP contribution in [0.25, 0.3) is 88.0 Å². The third-order valence-corrected chi connectivity index (χ3v) is 22.1. The van der Waals surface area contributed by atoms with Gasteiger partial charge in [-0.15, -0.1) is 0 Å². The van der Waals surface area contributed by atoms with E-state index in [1.165, 1.54) is 228 Å². The molecule has 0 unspecified atom stereocenters. The van der Waals surface area contributed by atoms with Crippen molar-refractivity contribution in [3.8, 4) is 55.6 Å². The molecule has 0 amide bonds. The zero-order valence-electron chi connectivity index (χ0n) is 55.2. The molecule has 0 heterocycles. The van der Waals surface area contributed by atoms with Gasteiger partial charge in [0.2, 0.25) is 0 Å². The van der Waals surface area contributed by atoms with Gasteiger partial charge >= 0.3 is 0 Å². The summed E-state index contributed by atoms with van der Waals surface area (Å²) < 4.78 is 0. The molecular formula is C89H93N. The lowest BCUT2D eigenvalue weighted by molar-refractivity contribution is 0.414. The summed E-state index contributed by atoms with van der Waals surface area (Å²) >= 11 is 0. The summed E-state index contributed by atoms with van der Waals surface area (Å²) in [5, 5.41) is 7.67. The van der Waals surface area contributed by atoms with Gasteiger partial charge in [-0.3, -0.25) is 0 Å². The molecule has 0 N–H and O–H groups in total. The Morgan fingerprint density at radius 2 is 0.600 bits per heavy atom. The highest BCUT2D eigenvalue weighted by atomic mass is 15.1. The van der Waals surface area contributed by atoms with Crippen molar-refractivity contribution in [1.82, 2.24) is 0 Å². The fraction of sp³-hybridized carbons (Fsp3) is 0.326. The van der Waals surface area contributed by atoms with Crippen molar-refractivity contribution in [2.45, 2.75) is 187 Å². The fourth-order valence-electron chi connectivity index (χ4n) is 17.7. The van der Waals surface area contributed by atoms with Crippen molar-refractivity contribution in [2.75, 3.05) is 4.90 Å². The summed E-state index contributed by atoms with van der Waals surface area (Å²) in [6, 6.07) is 79.9. The molecule has 0 fully saturated rings. The average molecular weight is 1180 g/mol. The molecule has 14 rings (SSSR count). The molecule has 3 aliphatic carbocycles. The van der Waals surface area contributed by atoms with Crippen molar-refractivity contribution in [2.24, 2.45) is 0 Å². The first kappa shape index (κ1) is 59.6. The Morgan fingerprint density at radius 3 is 1.07 bits per heavy atom. The fourth-order valence-corrected chi connectivity index (χ4v) is 17.7. The second-order valence-corrected chi connectivity index (χ2v) is 27.7. The Hall–Kier alpha value is -8.00. The monoisotopic (exact) mass is 1180 g/mol. The predicted octanol–water partition coefficient (Wildman–Crippen LogP) is 26.5. The number of fused-ring (bicyclic) bond motifs is 12. The SMILES string of the molecule is CCCCC1(CCCC)c2ccccc2-c2cc(-c3c4ccccc4c(-c4ccc5cc(N(c6ccc7c(c6)C(CCCC)(CCCC)c6cc(C)ccc6-7)c6ccc7c(c6)C(CCCC)(CCCC)c6cc(C)ccc6-7)ccc5c4)c4ccccc34)ccc21.